The molecule has 0 spiro atoms. The van der Waals surface area contributed by atoms with Crippen LogP contribution < -0.4 is 0 Å². The van der Waals surface area contributed by atoms with Gasteiger partial charge in [-0.05, 0) is 42.0 Å². The van der Waals surface area contributed by atoms with E-state index in [1.54, 1.807) is 12.3 Å². The normalized spacial score (nSPS) is 17.3. The summed E-state index contributed by atoms with van der Waals surface area (Å²) >= 11 is 1.43. The van der Waals surface area contributed by atoms with Crippen molar-refractivity contribution in [1.82, 2.24) is 0 Å². The molecule has 0 fully saturated rings. The van der Waals surface area contributed by atoms with Gasteiger partial charge in [0, 0.05) is 9.58 Å². The van der Waals surface area contributed by atoms with Gasteiger partial charge in [0.05, 0.1) is 12.9 Å². The fourth-order valence-electron chi connectivity index (χ4n) is 2.13. The van der Waals surface area contributed by atoms with Crippen molar-refractivity contribution in [2.75, 3.05) is 6.61 Å². The summed E-state index contributed by atoms with van der Waals surface area (Å²) in [5.41, 5.74) is 0.897. The highest BCUT2D eigenvalue weighted by Crippen LogP contribution is 2.35. The second kappa shape index (κ2) is 4.71. The molecule has 0 saturated heterocycles. The van der Waals surface area contributed by atoms with Crippen LogP contribution in [0.15, 0.2) is 36.1 Å². The van der Waals surface area contributed by atoms with Crippen molar-refractivity contribution in [3.63, 3.8) is 0 Å². The van der Waals surface area contributed by atoms with Gasteiger partial charge in [-0.25, -0.2) is 4.39 Å². The van der Waals surface area contributed by atoms with E-state index >= 15 is 0 Å². The van der Waals surface area contributed by atoms with Crippen LogP contribution >= 0.6 is 11.3 Å². The summed E-state index contributed by atoms with van der Waals surface area (Å²) in [6, 6.07) is 6.60. The second-order valence-electron chi connectivity index (χ2n) is 4.40. The smallest absolute Gasteiger partial charge is 0.124 e. The van der Waals surface area contributed by atoms with Crippen LogP contribution in [0.2, 0.25) is 0 Å². The van der Waals surface area contributed by atoms with Crippen LogP contribution in [-0.4, -0.2) is 11.7 Å². The molecule has 1 aliphatic rings. The number of fused-ring (bicyclic) bond motifs is 1. The topological polar surface area (TPSA) is 29.5 Å². The number of halogens is 1. The quantitative estimate of drug-likeness (QED) is 0.894. The zero-order valence-electron chi connectivity index (χ0n) is 9.73. The van der Waals surface area contributed by atoms with Crippen LogP contribution in [0.3, 0.4) is 0 Å². The Hall–Kier alpha value is -1.39. The molecule has 1 aromatic heterocycles. The Bertz CT molecular complexity index is 603. The van der Waals surface area contributed by atoms with Gasteiger partial charge in [0.15, 0.2) is 0 Å². The summed E-state index contributed by atoms with van der Waals surface area (Å²) in [5, 5.41) is 11.2. The molecule has 3 rings (SSSR count). The summed E-state index contributed by atoms with van der Waals surface area (Å²) < 4.78 is 19.2. The van der Waals surface area contributed by atoms with Gasteiger partial charge in [-0.1, -0.05) is 6.07 Å². The molecule has 0 saturated carbocycles. The highest BCUT2D eigenvalue weighted by atomic mass is 32.1. The van der Waals surface area contributed by atoms with Crippen molar-refractivity contribution in [1.29, 1.82) is 0 Å². The van der Waals surface area contributed by atoms with E-state index in [0.717, 1.165) is 33.4 Å². The summed E-state index contributed by atoms with van der Waals surface area (Å²) in [4.78, 5) is 0.840. The van der Waals surface area contributed by atoms with E-state index in [9.17, 15) is 9.50 Å². The molecule has 2 heterocycles. The minimum absolute atomic E-state index is 0.245. The predicted molar refractivity (Wildman–Crippen MR) is 70.0 cm³/mol. The SMILES string of the molecule is OC(C1=COCCC1)c1cc2ccc(F)cc2s1. The summed E-state index contributed by atoms with van der Waals surface area (Å²) in [5.74, 6) is -0.245. The lowest BCUT2D eigenvalue weighted by molar-refractivity contribution is 0.172. The number of aliphatic hydroxyl groups is 1. The van der Waals surface area contributed by atoms with Crippen LogP contribution in [0.4, 0.5) is 4.39 Å². The van der Waals surface area contributed by atoms with Crippen LogP contribution in [0.25, 0.3) is 10.1 Å². The van der Waals surface area contributed by atoms with Crippen molar-refractivity contribution < 1.29 is 14.2 Å². The van der Waals surface area contributed by atoms with Gasteiger partial charge in [0.25, 0.3) is 0 Å². The molecule has 2 aromatic rings. The minimum atomic E-state index is -0.634. The lowest BCUT2D eigenvalue weighted by Crippen LogP contribution is -2.06. The number of thiophene rings is 1. The number of hydrogen-bond acceptors (Lipinski definition) is 3. The van der Waals surface area contributed by atoms with Crippen molar-refractivity contribution in [3.05, 3.63) is 46.8 Å². The van der Waals surface area contributed by atoms with E-state index in [1.807, 2.05) is 6.07 Å². The van der Waals surface area contributed by atoms with Gasteiger partial charge in [-0.15, -0.1) is 11.3 Å². The molecule has 0 amide bonds. The van der Waals surface area contributed by atoms with E-state index in [4.69, 9.17) is 4.74 Å². The van der Waals surface area contributed by atoms with Gasteiger partial charge < -0.3 is 9.84 Å². The largest absolute Gasteiger partial charge is 0.501 e. The molecular weight excluding hydrogens is 251 g/mol. The average molecular weight is 264 g/mol. The third-order valence-corrected chi connectivity index (χ3v) is 4.23. The van der Waals surface area contributed by atoms with E-state index in [2.05, 4.69) is 0 Å². The Morgan fingerprint density at radius 1 is 1.33 bits per heavy atom. The first kappa shape index (κ1) is 11.7. The number of benzene rings is 1. The molecular formula is C14H13FO2S. The van der Waals surface area contributed by atoms with Gasteiger partial charge in [-0.3, -0.25) is 0 Å². The highest BCUT2D eigenvalue weighted by molar-refractivity contribution is 7.19. The van der Waals surface area contributed by atoms with Gasteiger partial charge in [-0.2, -0.15) is 0 Å². The first-order valence-electron chi connectivity index (χ1n) is 5.91. The number of ether oxygens (including phenoxy) is 1. The highest BCUT2D eigenvalue weighted by Gasteiger charge is 2.18. The molecule has 0 aliphatic carbocycles. The molecule has 0 radical (unpaired) electrons. The molecule has 1 unspecified atom stereocenters. The molecule has 1 aromatic carbocycles. The number of aliphatic hydroxyl groups excluding tert-OH is 1. The van der Waals surface area contributed by atoms with E-state index in [0.29, 0.717) is 6.61 Å². The zero-order valence-corrected chi connectivity index (χ0v) is 10.5. The number of rotatable bonds is 2. The number of hydrogen-bond donors (Lipinski definition) is 1. The van der Waals surface area contributed by atoms with Crippen molar-refractivity contribution in [2.45, 2.75) is 18.9 Å². The fraction of sp³-hybridized carbons (Fsp3) is 0.286. The van der Waals surface area contributed by atoms with Crippen LogP contribution in [0.1, 0.15) is 23.8 Å². The van der Waals surface area contributed by atoms with Crippen molar-refractivity contribution in [3.8, 4) is 0 Å². The maximum absolute atomic E-state index is 13.1. The maximum Gasteiger partial charge on any atom is 0.124 e. The minimum Gasteiger partial charge on any atom is -0.501 e. The lowest BCUT2D eigenvalue weighted by Gasteiger charge is -2.17. The van der Waals surface area contributed by atoms with E-state index < -0.39 is 6.10 Å². The first-order chi connectivity index (χ1) is 8.74. The Morgan fingerprint density at radius 3 is 3.00 bits per heavy atom. The molecule has 1 N–H and O–H groups in total. The first-order valence-corrected chi connectivity index (χ1v) is 6.73. The second-order valence-corrected chi connectivity index (χ2v) is 5.52. The third-order valence-electron chi connectivity index (χ3n) is 3.08. The Labute approximate surface area is 108 Å². The van der Waals surface area contributed by atoms with Gasteiger partial charge in [0.1, 0.15) is 11.9 Å². The van der Waals surface area contributed by atoms with E-state index in [1.165, 1.54) is 23.5 Å². The van der Waals surface area contributed by atoms with Gasteiger partial charge >= 0.3 is 0 Å². The molecule has 2 nitrogen and oxygen atoms in total. The summed E-state index contributed by atoms with van der Waals surface area (Å²) in [6.45, 7) is 0.716. The monoisotopic (exact) mass is 264 g/mol. The van der Waals surface area contributed by atoms with Crippen LogP contribution in [-0.2, 0) is 4.74 Å². The molecule has 4 heteroatoms. The van der Waals surface area contributed by atoms with Crippen molar-refractivity contribution >= 4 is 21.4 Å². The lowest BCUT2D eigenvalue weighted by atomic mass is 10.0. The Balaban J connectivity index is 1.96. The molecule has 18 heavy (non-hydrogen) atoms. The zero-order chi connectivity index (χ0) is 12.5. The molecule has 1 aliphatic heterocycles. The Morgan fingerprint density at radius 2 is 2.22 bits per heavy atom. The van der Waals surface area contributed by atoms with Crippen molar-refractivity contribution in [2.24, 2.45) is 0 Å². The molecule has 94 valence electrons. The predicted octanol–water partition coefficient (Wildman–Crippen LogP) is 3.77. The molecule has 0 bridgehead atoms. The summed E-state index contributed by atoms with van der Waals surface area (Å²) in [7, 11) is 0. The van der Waals surface area contributed by atoms with Gasteiger partial charge in [0.2, 0.25) is 0 Å². The van der Waals surface area contributed by atoms with E-state index in [-0.39, 0.29) is 5.82 Å². The molecule has 1 atom stereocenters. The third kappa shape index (κ3) is 2.13. The van der Waals surface area contributed by atoms with Crippen LogP contribution in [0.5, 0.6) is 0 Å². The summed E-state index contributed by atoms with van der Waals surface area (Å²) in [6.07, 6.45) is 2.80. The maximum atomic E-state index is 13.1. The fourth-order valence-corrected chi connectivity index (χ4v) is 3.25. The standard InChI is InChI=1S/C14H13FO2S/c15-11-4-3-9-6-13(18-12(9)7-11)14(16)10-2-1-5-17-8-10/h3-4,6-8,14,16H,1-2,5H2. The van der Waals surface area contributed by atoms with Crippen LogP contribution in [0, 0.1) is 5.82 Å². The average Bonchev–Trinajstić information content (AvgIpc) is 2.81. The Kier molecular flexibility index (Phi) is 3.06.